The van der Waals surface area contributed by atoms with Gasteiger partial charge in [0.25, 0.3) is 0 Å². The van der Waals surface area contributed by atoms with Gasteiger partial charge in [0.15, 0.2) is 0 Å². The van der Waals surface area contributed by atoms with Crippen LogP contribution in [0.1, 0.15) is 12.8 Å². The quantitative estimate of drug-likeness (QED) is 0.473. The summed E-state index contributed by atoms with van der Waals surface area (Å²) >= 11 is 2.07. The van der Waals surface area contributed by atoms with Gasteiger partial charge in [0.2, 0.25) is 0 Å². The van der Waals surface area contributed by atoms with Gasteiger partial charge in [0.05, 0.1) is 0 Å². The first-order chi connectivity index (χ1) is 2.50. The van der Waals surface area contributed by atoms with Crippen LogP contribution in [0.2, 0.25) is 0 Å². The van der Waals surface area contributed by atoms with Gasteiger partial charge in [-0.2, -0.15) is 11.8 Å². The Balaban J connectivity index is 0.000000250. The van der Waals surface area contributed by atoms with Crippen LogP contribution in [0.25, 0.3) is 0 Å². The van der Waals surface area contributed by atoms with Crippen molar-refractivity contribution in [3.05, 3.63) is 0 Å². The molecule has 0 spiro atoms. The Hall–Kier alpha value is 0.869. The maximum atomic E-state index is 2.07. The third kappa shape index (κ3) is 2.12. The van der Waals surface area contributed by atoms with Gasteiger partial charge in [-0.05, 0) is 24.3 Å². The van der Waals surface area contributed by atoms with Crippen LogP contribution in [0, 0.1) is 0 Å². The fourth-order valence-corrected chi connectivity index (χ4v) is 1.53. The molecule has 1 fully saturated rings. The van der Waals surface area contributed by atoms with Gasteiger partial charge in [0.1, 0.15) is 0 Å². The molecule has 0 nitrogen and oxygen atoms in total. The summed E-state index contributed by atoms with van der Waals surface area (Å²) in [5.41, 5.74) is 0. The molecule has 0 amide bonds. The predicted octanol–water partition coefficient (Wildman–Crippen LogP) is 1.51. The molecule has 2 heteroatoms. The average Bonchev–Trinajstić information content (AvgIpc) is 1.76. The third-order valence-corrected chi connectivity index (χ3v) is 1.98. The van der Waals surface area contributed by atoms with Crippen LogP contribution < -0.4 is 0 Å². The van der Waals surface area contributed by atoms with Gasteiger partial charge >= 0.3 is 0 Å². The molecule has 0 N–H and O–H groups in total. The van der Waals surface area contributed by atoms with Gasteiger partial charge in [-0.1, -0.05) is 0 Å². The van der Waals surface area contributed by atoms with Crippen molar-refractivity contribution in [3.8, 4) is 0 Å². The second-order valence-corrected chi connectivity index (χ2v) is 2.54. The summed E-state index contributed by atoms with van der Waals surface area (Å²) in [6.45, 7) is 0. The molecule has 0 aromatic rings. The second-order valence-electron chi connectivity index (χ2n) is 1.32. The molecule has 0 saturated carbocycles. The van der Waals surface area contributed by atoms with Crippen LogP contribution >= 0.6 is 11.8 Å². The van der Waals surface area contributed by atoms with Crippen molar-refractivity contribution in [1.29, 1.82) is 0 Å². The summed E-state index contributed by atoms with van der Waals surface area (Å²) in [5.74, 6) is 2.83. The minimum Gasteiger partial charge on any atom is -0.162 e. The number of hydrogen-bond donors (Lipinski definition) is 0. The van der Waals surface area contributed by atoms with Gasteiger partial charge in [-0.25, -0.2) is 0 Å². The fourth-order valence-electron chi connectivity index (χ4n) is 0.510. The molecule has 0 bridgehead atoms. The smallest absolute Gasteiger partial charge is 0 e. The molecular weight excluding hydrogens is 144 g/mol. The van der Waals surface area contributed by atoms with Crippen LogP contribution in [0.3, 0.4) is 0 Å². The molecule has 1 aliphatic heterocycles. The number of thioether (sulfide) groups is 1. The van der Waals surface area contributed by atoms with Crippen LogP contribution in [0.4, 0.5) is 0 Å². The van der Waals surface area contributed by atoms with Crippen molar-refractivity contribution >= 4 is 11.8 Å². The SMILES string of the molecule is C1CCSC1.[Cu]. The van der Waals surface area contributed by atoms with E-state index < -0.39 is 0 Å². The summed E-state index contributed by atoms with van der Waals surface area (Å²) in [6, 6.07) is 0. The van der Waals surface area contributed by atoms with E-state index in [2.05, 4.69) is 11.8 Å². The van der Waals surface area contributed by atoms with Crippen molar-refractivity contribution in [1.82, 2.24) is 0 Å². The van der Waals surface area contributed by atoms with Crippen molar-refractivity contribution in [2.24, 2.45) is 0 Å². The minimum absolute atomic E-state index is 0. The molecule has 1 radical (unpaired) electrons. The molecule has 41 valence electrons. The van der Waals surface area contributed by atoms with Gasteiger partial charge in [-0.15, -0.1) is 0 Å². The fraction of sp³-hybridized carbons (Fsp3) is 1.00. The molecule has 0 atom stereocenters. The normalized spacial score (nSPS) is 20.0. The van der Waals surface area contributed by atoms with Crippen LogP contribution in [-0.4, -0.2) is 11.5 Å². The minimum atomic E-state index is 0. The molecule has 1 aliphatic rings. The largest absolute Gasteiger partial charge is 0.162 e. The topological polar surface area (TPSA) is 0 Å². The van der Waals surface area contributed by atoms with E-state index in [0.29, 0.717) is 0 Å². The van der Waals surface area contributed by atoms with Crippen molar-refractivity contribution < 1.29 is 17.1 Å². The first-order valence-corrected chi connectivity index (χ1v) is 3.23. The Morgan fingerprint density at radius 2 is 1.50 bits per heavy atom. The summed E-state index contributed by atoms with van der Waals surface area (Å²) in [5, 5.41) is 0. The monoisotopic (exact) mass is 151 g/mol. The van der Waals surface area contributed by atoms with E-state index in [4.69, 9.17) is 0 Å². The first-order valence-electron chi connectivity index (χ1n) is 2.08. The Morgan fingerprint density at radius 1 is 1.00 bits per heavy atom. The van der Waals surface area contributed by atoms with E-state index in [9.17, 15) is 0 Å². The Bertz CT molecular complexity index is 19.1. The molecule has 1 saturated heterocycles. The van der Waals surface area contributed by atoms with Crippen molar-refractivity contribution in [2.75, 3.05) is 11.5 Å². The Morgan fingerprint density at radius 3 is 1.67 bits per heavy atom. The Kier molecular flexibility index (Phi) is 4.63. The third-order valence-electron chi connectivity index (χ3n) is 0.827. The van der Waals surface area contributed by atoms with E-state index >= 15 is 0 Å². The van der Waals surface area contributed by atoms with E-state index in [1.807, 2.05) is 0 Å². The predicted molar refractivity (Wildman–Crippen MR) is 26.6 cm³/mol. The van der Waals surface area contributed by atoms with Crippen LogP contribution in [-0.2, 0) is 17.1 Å². The van der Waals surface area contributed by atoms with Crippen LogP contribution in [0.15, 0.2) is 0 Å². The van der Waals surface area contributed by atoms with Crippen LogP contribution in [0.5, 0.6) is 0 Å². The zero-order chi connectivity index (χ0) is 3.54. The molecule has 0 unspecified atom stereocenters. The molecule has 1 rings (SSSR count). The number of rotatable bonds is 0. The van der Waals surface area contributed by atoms with E-state index in [-0.39, 0.29) is 17.1 Å². The molecule has 0 aliphatic carbocycles. The summed E-state index contributed by atoms with van der Waals surface area (Å²) in [7, 11) is 0. The van der Waals surface area contributed by atoms with E-state index in [1.54, 1.807) is 0 Å². The summed E-state index contributed by atoms with van der Waals surface area (Å²) in [4.78, 5) is 0. The molecule has 0 aromatic heterocycles. The molecule has 6 heavy (non-hydrogen) atoms. The van der Waals surface area contributed by atoms with Crippen molar-refractivity contribution in [2.45, 2.75) is 12.8 Å². The van der Waals surface area contributed by atoms with E-state index in [1.165, 1.54) is 24.3 Å². The zero-order valence-electron chi connectivity index (χ0n) is 3.54. The standard InChI is InChI=1S/C4H8S.Cu/c1-2-4-5-3-1;/h1-4H2;. The van der Waals surface area contributed by atoms with Gasteiger partial charge in [0, 0.05) is 17.1 Å². The van der Waals surface area contributed by atoms with Gasteiger partial charge < -0.3 is 0 Å². The number of hydrogen-bond acceptors (Lipinski definition) is 1. The molecule has 0 aromatic carbocycles. The Labute approximate surface area is 53.5 Å². The van der Waals surface area contributed by atoms with Gasteiger partial charge in [-0.3, -0.25) is 0 Å². The summed E-state index contributed by atoms with van der Waals surface area (Å²) < 4.78 is 0. The maximum Gasteiger partial charge on any atom is 0 e. The van der Waals surface area contributed by atoms with Crippen molar-refractivity contribution in [3.63, 3.8) is 0 Å². The zero-order valence-corrected chi connectivity index (χ0v) is 5.30. The molecule has 1 heterocycles. The maximum absolute atomic E-state index is 2.07. The second kappa shape index (κ2) is 4.04. The molecular formula is C4H8CuS. The average molecular weight is 152 g/mol. The first kappa shape index (κ1) is 6.87. The summed E-state index contributed by atoms with van der Waals surface area (Å²) in [6.07, 6.45) is 2.93. The van der Waals surface area contributed by atoms with E-state index in [0.717, 1.165) is 0 Å².